The van der Waals surface area contributed by atoms with Crippen molar-refractivity contribution in [1.82, 2.24) is 0 Å². The predicted molar refractivity (Wildman–Crippen MR) is 82.7 cm³/mol. The fraction of sp³-hybridized carbons (Fsp3) is 0.188. The third kappa shape index (κ3) is 3.07. The van der Waals surface area contributed by atoms with Crippen molar-refractivity contribution >= 4 is 27.5 Å². The Hall–Kier alpha value is -1.68. The van der Waals surface area contributed by atoms with Crippen LogP contribution in [0.2, 0.25) is 0 Å². The van der Waals surface area contributed by atoms with Crippen molar-refractivity contribution in [3.05, 3.63) is 62.9 Å². The van der Waals surface area contributed by atoms with E-state index in [9.17, 15) is 9.18 Å². The number of aryl methyl sites for hydroxylation is 3. The highest BCUT2D eigenvalue weighted by Crippen LogP contribution is 2.23. The molecule has 1 N–H and O–H groups in total. The maximum Gasteiger partial charge on any atom is 0.258 e. The van der Waals surface area contributed by atoms with Crippen LogP contribution in [0.4, 0.5) is 10.1 Å². The first-order valence-electron chi connectivity index (χ1n) is 6.22. The maximum absolute atomic E-state index is 13.7. The first kappa shape index (κ1) is 14.7. The number of halogens is 2. The molecule has 0 atom stereocenters. The Morgan fingerprint density at radius 3 is 2.30 bits per heavy atom. The van der Waals surface area contributed by atoms with E-state index in [1.165, 1.54) is 12.1 Å². The first-order valence-corrected chi connectivity index (χ1v) is 7.02. The molecular formula is C16H15BrFNO. The zero-order valence-electron chi connectivity index (χ0n) is 11.6. The van der Waals surface area contributed by atoms with Gasteiger partial charge in [-0.2, -0.15) is 0 Å². The van der Waals surface area contributed by atoms with E-state index in [0.717, 1.165) is 22.4 Å². The summed E-state index contributed by atoms with van der Waals surface area (Å²) in [4.78, 5) is 12.2. The molecule has 2 nitrogen and oxygen atoms in total. The molecule has 1 amide bonds. The highest BCUT2D eigenvalue weighted by atomic mass is 79.9. The van der Waals surface area contributed by atoms with Gasteiger partial charge in [0, 0.05) is 10.2 Å². The monoisotopic (exact) mass is 335 g/mol. The second-order valence-corrected chi connectivity index (χ2v) is 5.77. The van der Waals surface area contributed by atoms with Crippen LogP contribution in [0.1, 0.15) is 27.0 Å². The molecular weight excluding hydrogens is 321 g/mol. The largest absolute Gasteiger partial charge is 0.321 e. The zero-order valence-corrected chi connectivity index (χ0v) is 13.1. The molecule has 2 rings (SSSR count). The minimum atomic E-state index is -0.534. The number of carbonyl (C=O) groups excluding carboxylic acids is 1. The van der Waals surface area contributed by atoms with E-state index in [0.29, 0.717) is 4.47 Å². The Bertz CT molecular complexity index is 659. The summed E-state index contributed by atoms with van der Waals surface area (Å²) in [5.74, 6) is -0.980. The summed E-state index contributed by atoms with van der Waals surface area (Å²) < 4.78 is 14.4. The Balaban J connectivity index is 2.35. The fourth-order valence-corrected chi connectivity index (χ4v) is 2.59. The number of benzene rings is 2. The molecule has 4 heteroatoms. The molecule has 104 valence electrons. The smallest absolute Gasteiger partial charge is 0.258 e. The molecule has 0 saturated heterocycles. The van der Waals surface area contributed by atoms with Gasteiger partial charge in [0.25, 0.3) is 5.91 Å². The lowest BCUT2D eigenvalue weighted by Gasteiger charge is -2.13. The Kier molecular flexibility index (Phi) is 4.23. The predicted octanol–water partition coefficient (Wildman–Crippen LogP) is 4.77. The van der Waals surface area contributed by atoms with E-state index in [1.54, 1.807) is 6.07 Å². The van der Waals surface area contributed by atoms with Crippen LogP contribution in [-0.4, -0.2) is 5.91 Å². The molecule has 2 aromatic rings. The Morgan fingerprint density at radius 1 is 1.10 bits per heavy atom. The molecule has 0 fully saturated rings. The number of carbonyl (C=O) groups is 1. The summed E-state index contributed by atoms with van der Waals surface area (Å²) in [6, 6.07) is 8.28. The van der Waals surface area contributed by atoms with Crippen LogP contribution in [0.25, 0.3) is 0 Å². The average Bonchev–Trinajstić information content (AvgIpc) is 2.36. The van der Waals surface area contributed by atoms with Crippen molar-refractivity contribution in [3.63, 3.8) is 0 Å². The molecule has 0 unspecified atom stereocenters. The minimum absolute atomic E-state index is 0.0266. The number of anilines is 1. The molecule has 0 aliphatic heterocycles. The number of nitrogens with one attached hydrogen (secondary N) is 1. The van der Waals surface area contributed by atoms with Gasteiger partial charge in [0.2, 0.25) is 0 Å². The summed E-state index contributed by atoms with van der Waals surface area (Å²) in [5, 5.41) is 2.79. The SMILES string of the molecule is Cc1cc(C)c(NC(=O)c2cc(Br)ccc2F)c(C)c1. The minimum Gasteiger partial charge on any atom is -0.321 e. The molecule has 0 radical (unpaired) electrons. The van der Waals surface area contributed by atoms with E-state index < -0.39 is 11.7 Å². The summed E-state index contributed by atoms with van der Waals surface area (Å²) in [7, 11) is 0. The first-order chi connectivity index (χ1) is 9.38. The molecule has 2 aromatic carbocycles. The van der Waals surface area contributed by atoms with Gasteiger partial charge in [0.15, 0.2) is 0 Å². The van der Waals surface area contributed by atoms with E-state index in [2.05, 4.69) is 21.2 Å². The van der Waals surface area contributed by atoms with E-state index in [1.807, 2.05) is 32.9 Å². The highest BCUT2D eigenvalue weighted by molar-refractivity contribution is 9.10. The van der Waals surface area contributed by atoms with Gasteiger partial charge in [-0.25, -0.2) is 4.39 Å². The normalized spacial score (nSPS) is 10.4. The van der Waals surface area contributed by atoms with Gasteiger partial charge >= 0.3 is 0 Å². The summed E-state index contributed by atoms with van der Waals surface area (Å²) >= 11 is 3.24. The van der Waals surface area contributed by atoms with Crippen molar-refractivity contribution in [1.29, 1.82) is 0 Å². The second-order valence-electron chi connectivity index (χ2n) is 4.85. The lowest BCUT2D eigenvalue weighted by atomic mass is 10.0. The quantitative estimate of drug-likeness (QED) is 0.841. The standard InChI is InChI=1S/C16H15BrFNO/c1-9-6-10(2)15(11(3)7-9)19-16(20)13-8-12(17)4-5-14(13)18/h4-8H,1-3H3,(H,19,20). The highest BCUT2D eigenvalue weighted by Gasteiger charge is 2.14. The third-order valence-electron chi connectivity index (χ3n) is 3.09. The van der Waals surface area contributed by atoms with Gasteiger partial charge < -0.3 is 5.32 Å². The third-order valence-corrected chi connectivity index (χ3v) is 3.58. The van der Waals surface area contributed by atoms with Crippen LogP contribution in [0.5, 0.6) is 0 Å². The number of amides is 1. The molecule has 20 heavy (non-hydrogen) atoms. The molecule has 0 aromatic heterocycles. The molecule has 0 saturated carbocycles. The number of rotatable bonds is 2. The van der Waals surface area contributed by atoms with Crippen LogP contribution in [0.3, 0.4) is 0 Å². The number of hydrogen-bond acceptors (Lipinski definition) is 1. The Labute approximate surface area is 126 Å². The van der Waals surface area contributed by atoms with Gasteiger partial charge in [0.05, 0.1) is 5.56 Å². The molecule has 0 heterocycles. The zero-order chi connectivity index (χ0) is 14.9. The maximum atomic E-state index is 13.7. The lowest BCUT2D eigenvalue weighted by Crippen LogP contribution is -2.15. The van der Waals surface area contributed by atoms with Crippen molar-refractivity contribution < 1.29 is 9.18 Å². The van der Waals surface area contributed by atoms with Crippen molar-refractivity contribution in [3.8, 4) is 0 Å². The van der Waals surface area contributed by atoms with Crippen molar-refractivity contribution in [2.24, 2.45) is 0 Å². The van der Waals surface area contributed by atoms with Crippen molar-refractivity contribution in [2.45, 2.75) is 20.8 Å². The van der Waals surface area contributed by atoms with E-state index in [-0.39, 0.29) is 5.56 Å². The topological polar surface area (TPSA) is 29.1 Å². The van der Waals surface area contributed by atoms with Gasteiger partial charge in [-0.05, 0) is 50.1 Å². The van der Waals surface area contributed by atoms with Crippen molar-refractivity contribution in [2.75, 3.05) is 5.32 Å². The molecule has 0 aliphatic rings. The molecule has 0 spiro atoms. The van der Waals surface area contributed by atoms with E-state index >= 15 is 0 Å². The Morgan fingerprint density at radius 2 is 1.70 bits per heavy atom. The summed E-state index contributed by atoms with van der Waals surface area (Å²) in [5.41, 5.74) is 3.82. The van der Waals surface area contributed by atoms with Crippen LogP contribution < -0.4 is 5.32 Å². The number of hydrogen-bond donors (Lipinski definition) is 1. The summed E-state index contributed by atoms with van der Waals surface area (Å²) in [6.45, 7) is 5.85. The van der Waals surface area contributed by atoms with Gasteiger partial charge in [-0.1, -0.05) is 33.6 Å². The molecule has 0 aliphatic carbocycles. The van der Waals surface area contributed by atoms with Gasteiger partial charge in [0.1, 0.15) is 5.82 Å². The lowest BCUT2D eigenvalue weighted by molar-refractivity contribution is 0.102. The van der Waals surface area contributed by atoms with Crippen LogP contribution >= 0.6 is 15.9 Å². The second kappa shape index (κ2) is 5.75. The van der Waals surface area contributed by atoms with Crippen LogP contribution in [0.15, 0.2) is 34.8 Å². The summed E-state index contributed by atoms with van der Waals surface area (Å²) in [6.07, 6.45) is 0. The van der Waals surface area contributed by atoms with Gasteiger partial charge in [-0.3, -0.25) is 4.79 Å². The molecule has 0 bridgehead atoms. The average molecular weight is 336 g/mol. The van der Waals surface area contributed by atoms with Gasteiger partial charge in [-0.15, -0.1) is 0 Å². The van der Waals surface area contributed by atoms with Crippen LogP contribution in [-0.2, 0) is 0 Å². The fourth-order valence-electron chi connectivity index (χ4n) is 2.23. The van der Waals surface area contributed by atoms with Crippen LogP contribution in [0, 0.1) is 26.6 Å². The van der Waals surface area contributed by atoms with E-state index in [4.69, 9.17) is 0 Å².